The molecule has 0 spiro atoms. The number of aliphatic hydroxyl groups excluding tert-OH is 1. The van der Waals surface area contributed by atoms with E-state index in [0.717, 1.165) is 12.8 Å². The Kier molecular flexibility index (Phi) is 4.62. The van der Waals surface area contributed by atoms with Gasteiger partial charge in [-0.25, -0.2) is 9.97 Å². The van der Waals surface area contributed by atoms with Gasteiger partial charge in [-0.2, -0.15) is 0 Å². The Morgan fingerprint density at radius 2 is 1.95 bits per heavy atom. The van der Waals surface area contributed by atoms with E-state index < -0.39 is 4.92 Å². The number of rotatable bonds is 5. The van der Waals surface area contributed by atoms with Crippen molar-refractivity contribution in [1.82, 2.24) is 9.97 Å². The Hall–Kier alpha value is -1.76. The molecule has 0 bridgehead atoms. The molecule has 1 aliphatic rings. The van der Waals surface area contributed by atoms with Crippen LogP contribution >= 0.6 is 0 Å². The van der Waals surface area contributed by atoms with Crippen LogP contribution in [0.25, 0.3) is 0 Å². The van der Waals surface area contributed by atoms with Gasteiger partial charge in [-0.05, 0) is 12.8 Å². The van der Waals surface area contributed by atoms with Gasteiger partial charge in [-0.3, -0.25) is 10.1 Å². The van der Waals surface area contributed by atoms with Gasteiger partial charge < -0.3 is 10.0 Å². The van der Waals surface area contributed by atoms with Crippen molar-refractivity contribution in [2.75, 3.05) is 18.1 Å². The third-order valence-corrected chi connectivity index (χ3v) is 3.45. The summed E-state index contributed by atoms with van der Waals surface area (Å²) in [6.45, 7) is 0.485. The predicted molar refractivity (Wildman–Crippen MR) is 70.0 cm³/mol. The van der Waals surface area contributed by atoms with Gasteiger partial charge in [0.2, 0.25) is 5.95 Å². The fourth-order valence-corrected chi connectivity index (χ4v) is 2.50. The molecular formula is C12H18N4O3. The highest BCUT2D eigenvalue weighted by Crippen LogP contribution is 2.25. The van der Waals surface area contributed by atoms with Crippen molar-refractivity contribution in [2.24, 2.45) is 0 Å². The molecule has 1 aromatic rings. The Balaban J connectivity index is 2.15. The van der Waals surface area contributed by atoms with E-state index in [9.17, 15) is 10.1 Å². The molecule has 7 nitrogen and oxygen atoms in total. The molecular weight excluding hydrogens is 248 g/mol. The molecule has 0 aliphatic heterocycles. The van der Waals surface area contributed by atoms with Crippen molar-refractivity contribution in [3.05, 3.63) is 22.5 Å². The Bertz CT molecular complexity index is 417. The van der Waals surface area contributed by atoms with Gasteiger partial charge >= 0.3 is 5.69 Å². The highest BCUT2D eigenvalue weighted by molar-refractivity contribution is 5.35. The zero-order chi connectivity index (χ0) is 13.7. The van der Waals surface area contributed by atoms with Crippen molar-refractivity contribution in [3.63, 3.8) is 0 Å². The first-order valence-corrected chi connectivity index (χ1v) is 6.56. The van der Waals surface area contributed by atoms with Gasteiger partial charge in [0.1, 0.15) is 12.4 Å². The molecule has 1 N–H and O–H groups in total. The van der Waals surface area contributed by atoms with Crippen LogP contribution in [0.4, 0.5) is 11.6 Å². The summed E-state index contributed by atoms with van der Waals surface area (Å²) in [6.07, 6.45) is 8.12. The SMILES string of the molecule is O=[N+]([O-])c1cnc(N(CCO)C2CCCCC2)nc1. The maximum absolute atomic E-state index is 10.6. The van der Waals surface area contributed by atoms with Crippen LogP contribution in [0.5, 0.6) is 0 Å². The van der Waals surface area contributed by atoms with Crippen molar-refractivity contribution in [2.45, 2.75) is 38.1 Å². The maximum Gasteiger partial charge on any atom is 0.305 e. The highest BCUT2D eigenvalue weighted by atomic mass is 16.6. The fraction of sp³-hybridized carbons (Fsp3) is 0.667. The molecule has 1 aliphatic carbocycles. The summed E-state index contributed by atoms with van der Waals surface area (Å²) in [5.74, 6) is 0.464. The lowest BCUT2D eigenvalue weighted by Gasteiger charge is -2.33. The topological polar surface area (TPSA) is 92.4 Å². The fourth-order valence-electron chi connectivity index (χ4n) is 2.50. The summed E-state index contributed by atoms with van der Waals surface area (Å²) in [5, 5.41) is 19.7. The minimum Gasteiger partial charge on any atom is -0.395 e. The van der Waals surface area contributed by atoms with E-state index >= 15 is 0 Å². The molecule has 0 saturated heterocycles. The lowest BCUT2D eigenvalue weighted by molar-refractivity contribution is -0.385. The molecule has 19 heavy (non-hydrogen) atoms. The van der Waals surface area contributed by atoms with Crippen molar-refractivity contribution >= 4 is 11.6 Å². The average Bonchev–Trinajstić information content (AvgIpc) is 2.46. The lowest BCUT2D eigenvalue weighted by Crippen LogP contribution is -2.40. The van der Waals surface area contributed by atoms with Crippen molar-refractivity contribution in [1.29, 1.82) is 0 Å². The summed E-state index contributed by atoms with van der Waals surface area (Å²) in [4.78, 5) is 20.1. The second-order valence-electron chi connectivity index (χ2n) is 4.71. The van der Waals surface area contributed by atoms with E-state index in [1.807, 2.05) is 4.90 Å². The maximum atomic E-state index is 10.6. The Labute approximate surface area is 111 Å². The monoisotopic (exact) mass is 266 g/mol. The summed E-state index contributed by atoms with van der Waals surface area (Å²) in [5.41, 5.74) is -0.114. The number of nitrogens with zero attached hydrogens (tertiary/aromatic N) is 4. The van der Waals surface area contributed by atoms with Crippen LogP contribution < -0.4 is 4.90 Å². The minimum absolute atomic E-state index is 0.0247. The predicted octanol–water partition coefficient (Wildman–Crippen LogP) is 1.52. The van der Waals surface area contributed by atoms with Crippen molar-refractivity contribution < 1.29 is 10.0 Å². The molecule has 104 valence electrons. The van der Waals surface area contributed by atoms with Crippen LogP contribution in [0, 0.1) is 10.1 Å². The molecule has 0 aromatic carbocycles. The van der Waals surface area contributed by atoms with Crippen LogP contribution in [0.2, 0.25) is 0 Å². The van der Waals surface area contributed by atoms with Gasteiger partial charge in [0, 0.05) is 12.6 Å². The van der Waals surface area contributed by atoms with E-state index in [2.05, 4.69) is 9.97 Å². The van der Waals surface area contributed by atoms with Gasteiger partial charge in [0.15, 0.2) is 0 Å². The summed E-state index contributed by atoms with van der Waals surface area (Å²) < 4.78 is 0. The van der Waals surface area contributed by atoms with Gasteiger partial charge in [0.25, 0.3) is 0 Å². The molecule has 0 atom stereocenters. The molecule has 1 fully saturated rings. The van der Waals surface area contributed by atoms with E-state index in [1.165, 1.54) is 31.7 Å². The Morgan fingerprint density at radius 3 is 2.47 bits per heavy atom. The highest BCUT2D eigenvalue weighted by Gasteiger charge is 2.23. The number of anilines is 1. The summed E-state index contributed by atoms with van der Waals surface area (Å²) in [6, 6.07) is 0.322. The van der Waals surface area contributed by atoms with Crippen LogP contribution in [0.1, 0.15) is 32.1 Å². The molecule has 0 amide bonds. The molecule has 2 rings (SSSR count). The molecule has 1 heterocycles. The third-order valence-electron chi connectivity index (χ3n) is 3.45. The number of hydrogen-bond acceptors (Lipinski definition) is 6. The van der Waals surface area contributed by atoms with E-state index in [0.29, 0.717) is 18.5 Å². The van der Waals surface area contributed by atoms with Gasteiger partial charge in [-0.15, -0.1) is 0 Å². The molecule has 1 saturated carbocycles. The minimum atomic E-state index is -0.513. The van der Waals surface area contributed by atoms with Crippen LogP contribution in [0.3, 0.4) is 0 Å². The van der Waals surface area contributed by atoms with Crippen LogP contribution in [-0.2, 0) is 0 Å². The van der Waals surface area contributed by atoms with Gasteiger partial charge in [-0.1, -0.05) is 19.3 Å². The zero-order valence-corrected chi connectivity index (χ0v) is 10.7. The second kappa shape index (κ2) is 6.42. The Morgan fingerprint density at radius 1 is 1.32 bits per heavy atom. The molecule has 0 radical (unpaired) electrons. The second-order valence-corrected chi connectivity index (χ2v) is 4.71. The summed E-state index contributed by atoms with van der Waals surface area (Å²) in [7, 11) is 0. The standard InChI is InChI=1S/C12H18N4O3/c17-7-6-15(10-4-2-1-3-5-10)12-13-8-11(9-14-12)16(18)19/h8-10,17H,1-7H2. The number of hydrogen-bond donors (Lipinski definition) is 1. The summed E-state index contributed by atoms with van der Waals surface area (Å²) >= 11 is 0. The van der Waals surface area contributed by atoms with E-state index in [4.69, 9.17) is 5.11 Å². The average molecular weight is 266 g/mol. The van der Waals surface area contributed by atoms with Crippen LogP contribution in [0.15, 0.2) is 12.4 Å². The number of aliphatic hydroxyl groups is 1. The van der Waals surface area contributed by atoms with Crippen molar-refractivity contribution in [3.8, 4) is 0 Å². The van der Waals surface area contributed by atoms with Gasteiger partial charge in [0.05, 0.1) is 11.5 Å². The molecule has 1 aromatic heterocycles. The number of nitro groups is 1. The molecule has 7 heteroatoms. The smallest absolute Gasteiger partial charge is 0.305 e. The lowest BCUT2D eigenvalue weighted by atomic mass is 9.94. The normalized spacial score (nSPS) is 16.3. The number of aromatic nitrogens is 2. The first-order chi connectivity index (χ1) is 9.22. The first kappa shape index (κ1) is 13.7. The van der Waals surface area contributed by atoms with E-state index in [1.54, 1.807) is 0 Å². The van der Waals surface area contributed by atoms with E-state index in [-0.39, 0.29) is 12.3 Å². The first-order valence-electron chi connectivity index (χ1n) is 6.56. The van der Waals surface area contributed by atoms with Crippen LogP contribution in [-0.4, -0.2) is 39.2 Å². The quantitative estimate of drug-likeness (QED) is 0.641. The largest absolute Gasteiger partial charge is 0.395 e. The molecule has 0 unspecified atom stereocenters. The zero-order valence-electron chi connectivity index (χ0n) is 10.7. The third kappa shape index (κ3) is 3.37.